The van der Waals surface area contributed by atoms with Crippen LogP contribution in [0.4, 0.5) is 0 Å². The molecule has 0 aliphatic carbocycles. The number of pyridine rings is 1. The van der Waals surface area contributed by atoms with Crippen molar-refractivity contribution >= 4 is 11.8 Å². The Kier molecular flexibility index (Phi) is 7.80. The zero-order chi connectivity index (χ0) is 18.8. The highest BCUT2D eigenvalue weighted by molar-refractivity contribution is 5.88. The maximum absolute atomic E-state index is 13.0. The third kappa shape index (κ3) is 5.41. The van der Waals surface area contributed by atoms with Crippen LogP contribution in [0.1, 0.15) is 50.3 Å². The summed E-state index contributed by atoms with van der Waals surface area (Å²) in [5.74, 6) is -0.207. The van der Waals surface area contributed by atoms with Crippen LogP contribution in [0.2, 0.25) is 0 Å². The first-order valence-electron chi connectivity index (χ1n) is 9.18. The van der Waals surface area contributed by atoms with Crippen molar-refractivity contribution < 1.29 is 9.59 Å². The first kappa shape index (κ1) is 19.6. The lowest BCUT2D eigenvalue weighted by Gasteiger charge is -2.31. The van der Waals surface area contributed by atoms with Gasteiger partial charge in [0.15, 0.2) is 0 Å². The monoisotopic (exact) mass is 353 g/mol. The van der Waals surface area contributed by atoms with Crippen LogP contribution in [-0.4, -0.2) is 28.2 Å². The summed E-state index contributed by atoms with van der Waals surface area (Å²) in [6.07, 6.45) is 5.51. The first-order valence-corrected chi connectivity index (χ1v) is 9.18. The number of carbonyl (C=O) groups is 2. The average molecular weight is 353 g/mol. The minimum atomic E-state index is -0.661. The van der Waals surface area contributed by atoms with Gasteiger partial charge in [-0.25, -0.2) is 0 Å². The van der Waals surface area contributed by atoms with Crippen molar-refractivity contribution in [3.8, 4) is 0 Å². The van der Waals surface area contributed by atoms with Crippen LogP contribution >= 0.6 is 0 Å². The maximum atomic E-state index is 13.0. The lowest BCUT2D eigenvalue weighted by atomic mass is 10.0. The number of hydrogen-bond acceptors (Lipinski definition) is 3. The molecule has 1 heterocycles. The van der Waals surface area contributed by atoms with E-state index in [4.69, 9.17) is 0 Å². The van der Waals surface area contributed by atoms with Crippen LogP contribution < -0.4 is 5.32 Å². The first-order chi connectivity index (χ1) is 12.7. The Hall–Kier alpha value is -2.69. The largest absolute Gasteiger partial charge is 0.350 e. The van der Waals surface area contributed by atoms with Gasteiger partial charge in [-0.2, -0.15) is 0 Å². The summed E-state index contributed by atoms with van der Waals surface area (Å²) in [5.41, 5.74) is 1.75. The molecular weight excluding hydrogens is 326 g/mol. The molecule has 0 bridgehead atoms. The zero-order valence-corrected chi connectivity index (χ0v) is 15.5. The van der Waals surface area contributed by atoms with Crippen molar-refractivity contribution in [1.29, 1.82) is 0 Å². The third-order valence-corrected chi connectivity index (χ3v) is 4.25. The molecule has 2 aromatic rings. The lowest BCUT2D eigenvalue weighted by Crippen LogP contribution is -2.44. The van der Waals surface area contributed by atoms with Gasteiger partial charge in [-0.1, -0.05) is 56.7 Å². The molecule has 1 aromatic heterocycles. The van der Waals surface area contributed by atoms with Gasteiger partial charge in [0.2, 0.25) is 11.8 Å². The average Bonchev–Trinajstić information content (AvgIpc) is 2.70. The van der Waals surface area contributed by atoms with E-state index in [1.165, 1.54) is 0 Å². The topological polar surface area (TPSA) is 62.3 Å². The molecule has 0 aliphatic rings. The summed E-state index contributed by atoms with van der Waals surface area (Å²) >= 11 is 0. The molecular formula is C21H27N3O2. The molecule has 0 saturated heterocycles. The Morgan fingerprint density at radius 2 is 1.88 bits per heavy atom. The molecule has 5 heteroatoms. The van der Waals surface area contributed by atoms with Gasteiger partial charge in [-0.05, 0) is 18.1 Å². The molecule has 0 saturated carbocycles. The molecule has 0 fully saturated rings. The summed E-state index contributed by atoms with van der Waals surface area (Å²) in [6.45, 7) is 4.88. The van der Waals surface area contributed by atoms with E-state index in [0.717, 1.165) is 24.0 Å². The van der Waals surface area contributed by atoms with Gasteiger partial charge in [-0.15, -0.1) is 0 Å². The number of carbonyl (C=O) groups excluding carboxylic acids is 2. The minimum absolute atomic E-state index is 0.0258. The Morgan fingerprint density at radius 3 is 2.50 bits per heavy atom. The summed E-state index contributed by atoms with van der Waals surface area (Å²) in [5, 5.41) is 2.97. The number of nitrogens with one attached hydrogen (secondary N) is 1. The van der Waals surface area contributed by atoms with E-state index in [2.05, 4.69) is 17.2 Å². The second-order valence-corrected chi connectivity index (χ2v) is 6.19. The van der Waals surface area contributed by atoms with Crippen LogP contribution in [-0.2, 0) is 16.1 Å². The van der Waals surface area contributed by atoms with Gasteiger partial charge in [0, 0.05) is 37.5 Å². The Morgan fingerprint density at radius 1 is 1.12 bits per heavy atom. The lowest BCUT2D eigenvalue weighted by molar-refractivity contribution is -0.140. The van der Waals surface area contributed by atoms with Gasteiger partial charge >= 0.3 is 0 Å². The quantitative estimate of drug-likeness (QED) is 0.751. The van der Waals surface area contributed by atoms with Gasteiger partial charge in [0.1, 0.15) is 6.04 Å². The predicted molar refractivity (Wildman–Crippen MR) is 102 cm³/mol. The van der Waals surface area contributed by atoms with Crippen molar-refractivity contribution in [2.24, 2.45) is 0 Å². The van der Waals surface area contributed by atoms with Crippen molar-refractivity contribution in [1.82, 2.24) is 15.2 Å². The van der Waals surface area contributed by atoms with E-state index in [0.29, 0.717) is 19.5 Å². The number of nitrogens with zero attached hydrogens (tertiary/aromatic N) is 2. The molecule has 2 amide bonds. The van der Waals surface area contributed by atoms with Crippen molar-refractivity contribution in [2.45, 2.75) is 45.7 Å². The fourth-order valence-electron chi connectivity index (χ4n) is 2.82. The molecule has 26 heavy (non-hydrogen) atoms. The smallest absolute Gasteiger partial charge is 0.247 e. The van der Waals surface area contributed by atoms with Gasteiger partial charge in [0.25, 0.3) is 0 Å². The van der Waals surface area contributed by atoms with Crippen LogP contribution in [0.15, 0.2) is 54.9 Å². The number of hydrogen-bond donors (Lipinski definition) is 1. The molecule has 1 aromatic carbocycles. The second kappa shape index (κ2) is 10.3. The molecule has 1 N–H and O–H groups in total. The number of amides is 2. The SMILES string of the molecule is CCCCN(C(=O)CC)C(C(=O)NCc1ccccc1)c1cccnc1. The van der Waals surface area contributed by atoms with Gasteiger partial charge in [0.05, 0.1) is 0 Å². The van der Waals surface area contributed by atoms with Crippen LogP contribution in [0.3, 0.4) is 0 Å². The summed E-state index contributed by atoms with van der Waals surface area (Å²) in [4.78, 5) is 31.4. The number of unbranched alkanes of at least 4 members (excludes halogenated alkanes) is 1. The van der Waals surface area contributed by atoms with E-state index in [-0.39, 0.29) is 11.8 Å². The summed E-state index contributed by atoms with van der Waals surface area (Å²) < 4.78 is 0. The molecule has 1 atom stereocenters. The number of benzene rings is 1. The fraction of sp³-hybridized carbons (Fsp3) is 0.381. The molecule has 2 rings (SSSR count). The normalized spacial score (nSPS) is 11.6. The van der Waals surface area contributed by atoms with E-state index in [9.17, 15) is 9.59 Å². The van der Waals surface area contributed by atoms with E-state index in [1.54, 1.807) is 23.4 Å². The second-order valence-electron chi connectivity index (χ2n) is 6.19. The van der Waals surface area contributed by atoms with Crippen LogP contribution in [0, 0.1) is 0 Å². The zero-order valence-electron chi connectivity index (χ0n) is 15.5. The highest BCUT2D eigenvalue weighted by Crippen LogP contribution is 2.22. The molecule has 1 unspecified atom stereocenters. The predicted octanol–water partition coefficient (Wildman–Crippen LogP) is 3.48. The number of aromatic nitrogens is 1. The van der Waals surface area contributed by atoms with E-state index < -0.39 is 6.04 Å². The van der Waals surface area contributed by atoms with Crippen LogP contribution in [0.5, 0.6) is 0 Å². The standard InChI is InChI=1S/C21H27N3O2/c1-3-5-14-24(19(25)4-2)20(18-12-9-13-22-16-18)21(26)23-15-17-10-7-6-8-11-17/h6-13,16,20H,3-5,14-15H2,1-2H3,(H,23,26). The molecule has 0 aliphatic heterocycles. The fourth-order valence-corrected chi connectivity index (χ4v) is 2.82. The molecule has 0 spiro atoms. The van der Waals surface area contributed by atoms with Crippen molar-refractivity contribution in [3.05, 3.63) is 66.0 Å². The van der Waals surface area contributed by atoms with Gasteiger partial charge < -0.3 is 10.2 Å². The summed E-state index contributed by atoms with van der Waals surface area (Å²) in [6, 6.07) is 12.7. The van der Waals surface area contributed by atoms with E-state index in [1.807, 2.05) is 43.3 Å². The Labute approximate surface area is 155 Å². The van der Waals surface area contributed by atoms with Crippen molar-refractivity contribution in [3.63, 3.8) is 0 Å². The number of rotatable bonds is 9. The Balaban J connectivity index is 2.24. The highest BCUT2D eigenvalue weighted by Gasteiger charge is 2.30. The van der Waals surface area contributed by atoms with E-state index >= 15 is 0 Å². The summed E-state index contributed by atoms with van der Waals surface area (Å²) in [7, 11) is 0. The van der Waals surface area contributed by atoms with Crippen molar-refractivity contribution in [2.75, 3.05) is 6.54 Å². The van der Waals surface area contributed by atoms with Gasteiger partial charge in [-0.3, -0.25) is 14.6 Å². The highest BCUT2D eigenvalue weighted by atomic mass is 16.2. The maximum Gasteiger partial charge on any atom is 0.247 e. The molecule has 5 nitrogen and oxygen atoms in total. The molecule has 138 valence electrons. The van der Waals surface area contributed by atoms with Crippen LogP contribution in [0.25, 0.3) is 0 Å². The molecule has 0 radical (unpaired) electrons. The Bertz CT molecular complexity index is 689. The third-order valence-electron chi connectivity index (χ3n) is 4.25. The minimum Gasteiger partial charge on any atom is -0.350 e.